The molecule has 53 heavy (non-hydrogen) atoms. The molecule has 4 aliphatic heterocycles. The summed E-state index contributed by atoms with van der Waals surface area (Å²) in [6, 6.07) is 15.2. The number of anilines is 1. The minimum Gasteiger partial charge on any atom is -0.508 e. The standard InChI is InChI=1S/C41H51FN6O5/c1-40(2,3)53-39(51)43-17-14-29(49)24-48-27-10-11-28(48)23-46(22-27)37-33-13-12-32(34-21-30(50)20-26-8-4-5-9-31(26)34)35(42)36(33)44-38(45-37)52-25-41-15-6-18-47(41)19-7-16-41/h4-5,8-9,12-13,20-21,27-29,49-50H,6-7,10-11,14-19,22-25H2,1-3H3,(H,43,51). The minimum absolute atomic E-state index is 0.0205. The highest BCUT2D eigenvalue weighted by atomic mass is 19.1. The first-order chi connectivity index (χ1) is 25.5. The second-order valence-electron chi connectivity index (χ2n) is 16.4. The van der Waals surface area contributed by atoms with E-state index in [9.17, 15) is 15.0 Å². The molecule has 1 amide bonds. The van der Waals surface area contributed by atoms with E-state index in [1.807, 2.05) is 51.1 Å². The second-order valence-corrected chi connectivity index (χ2v) is 16.4. The molecule has 8 rings (SSSR count). The van der Waals surface area contributed by atoms with Gasteiger partial charge in [-0.2, -0.15) is 9.97 Å². The average Bonchev–Trinajstić information content (AvgIpc) is 3.76. The Morgan fingerprint density at radius 3 is 2.49 bits per heavy atom. The molecule has 3 N–H and O–H groups in total. The number of carbonyl (C=O) groups is 1. The topological polar surface area (TPSA) is 124 Å². The van der Waals surface area contributed by atoms with Crippen LogP contribution in [-0.4, -0.2) is 111 Å². The number of alkyl carbamates (subject to hydrolysis) is 1. The van der Waals surface area contributed by atoms with Crippen LogP contribution in [-0.2, 0) is 4.74 Å². The van der Waals surface area contributed by atoms with Gasteiger partial charge in [0, 0.05) is 49.2 Å². The predicted molar refractivity (Wildman–Crippen MR) is 203 cm³/mol. The average molecular weight is 727 g/mol. The fraction of sp³-hybridized carbons (Fsp3) is 0.537. The minimum atomic E-state index is -0.606. The number of hydrogen-bond donors (Lipinski definition) is 3. The van der Waals surface area contributed by atoms with E-state index in [0.717, 1.165) is 62.4 Å². The predicted octanol–water partition coefficient (Wildman–Crippen LogP) is 6.23. The van der Waals surface area contributed by atoms with Gasteiger partial charge in [-0.3, -0.25) is 9.80 Å². The molecule has 4 aromatic rings. The van der Waals surface area contributed by atoms with Crippen molar-refractivity contribution >= 4 is 33.6 Å². The number of phenols is 1. The molecule has 11 nitrogen and oxygen atoms in total. The molecule has 12 heteroatoms. The summed E-state index contributed by atoms with van der Waals surface area (Å²) in [7, 11) is 0. The number of nitrogens with zero attached hydrogens (tertiary/aromatic N) is 5. The highest BCUT2D eigenvalue weighted by Crippen LogP contribution is 2.42. The van der Waals surface area contributed by atoms with Crippen LogP contribution in [0, 0.1) is 5.82 Å². The summed E-state index contributed by atoms with van der Waals surface area (Å²) in [6.45, 7) is 10.2. The molecule has 0 saturated carbocycles. The third-order valence-corrected chi connectivity index (χ3v) is 11.7. The lowest BCUT2D eigenvalue weighted by Gasteiger charge is -2.42. The molecule has 3 unspecified atom stereocenters. The number of aliphatic hydroxyl groups is 1. The smallest absolute Gasteiger partial charge is 0.407 e. The van der Waals surface area contributed by atoms with Crippen LogP contribution in [0.15, 0.2) is 48.5 Å². The fourth-order valence-electron chi connectivity index (χ4n) is 9.27. The van der Waals surface area contributed by atoms with Gasteiger partial charge in [-0.05, 0) is 113 Å². The zero-order valence-corrected chi connectivity index (χ0v) is 31.0. The number of carbonyl (C=O) groups excluding carboxylic acids is 1. The molecule has 4 fully saturated rings. The fourth-order valence-corrected chi connectivity index (χ4v) is 9.27. The van der Waals surface area contributed by atoms with E-state index in [-0.39, 0.29) is 34.9 Å². The number of phenolic OH excluding ortho intramolecular Hbond substituents is 1. The van der Waals surface area contributed by atoms with Crippen molar-refractivity contribution in [2.45, 2.75) is 95.0 Å². The van der Waals surface area contributed by atoms with Crippen molar-refractivity contribution in [2.24, 2.45) is 0 Å². The van der Waals surface area contributed by atoms with Crippen molar-refractivity contribution in [2.75, 3.05) is 50.8 Å². The van der Waals surface area contributed by atoms with E-state index in [1.165, 1.54) is 0 Å². The Kier molecular flexibility index (Phi) is 9.57. The monoisotopic (exact) mass is 726 g/mol. The molecule has 4 aliphatic rings. The zero-order valence-electron chi connectivity index (χ0n) is 31.0. The molecule has 3 aromatic carbocycles. The molecule has 0 spiro atoms. The van der Waals surface area contributed by atoms with Gasteiger partial charge in [-0.25, -0.2) is 9.18 Å². The molecular formula is C41H51FN6O5. The van der Waals surface area contributed by atoms with Crippen LogP contribution < -0.4 is 15.0 Å². The summed E-state index contributed by atoms with van der Waals surface area (Å²) in [4.78, 5) is 29.0. The lowest BCUT2D eigenvalue weighted by atomic mass is 9.95. The Hall–Kier alpha value is -4.26. The van der Waals surface area contributed by atoms with Gasteiger partial charge < -0.3 is 29.9 Å². The lowest BCUT2D eigenvalue weighted by molar-refractivity contribution is 0.0492. The molecule has 4 saturated heterocycles. The van der Waals surface area contributed by atoms with E-state index in [0.29, 0.717) is 61.5 Å². The Balaban J connectivity index is 1.07. The molecule has 3 atom stereocenters. The highest BCUT2D eigenvalue weighted by Gasteiger charge is 2.45. The number of ether oxygens (including phenoxy) is 2. The molecule has 0 aliphatic carbocycles. The Morgan fingerprint density at radius 1 is 1.02 bits per heavy atom. The molecule has 2 bridgehead atoms. The number of aromatic nitrogens is 2. The van der Waals surface area contributed by atoms with Crippen molar-refractivity contribution < 1.29 is 28.9 Å². The number of nitrogens with one attached hydrogen (secondary N) is 1. The summed E-state index contributed by atoms with van der Waals surface area (Å²) in [6.07, 6.45) is 5.73. The van der Waals surface area contributed by atoms with Gasteiger partial charge in [0.15, 0.2) is 5.82 Å². The first-order valence-electron chi connectivity index (χ1n) is 19.2. The van der Waals surface area contributed by atoms with Crippen molar-refractivity contribution in [3.63, 3.8) is 0 Å². The molecular weight excluding hydrogens is 675 g/mol. The summed E-state index contributed by atoms with van der Waals surface area (Å²) in [5.74, 6) is 0.250. The highest BCUT2D eigenvalue weighted by molar-refractivity contribution is 6.01. The Morgan fingerprint density at radius 2 is 1.75 bits per heavy atom. The number of hydrogen-bond acceptors (Lipinski definition) is 10. The third kappa shape index (κ3) is 7.20. The normalized spacial score (nSPS) is 22.0. The SMILES string of the molecule is CC(C)(C)OC(=O)NCCC(O)CN1C2CCC1CN(c1nc(OCC34CCCN3CCC4)nc3c(F)c(-c4cc(O)cc5ccccc45)ccc13)C2. The van der Waals surface area contributed by atoms with E-state index in [2.05, 4.69) is 20.0 Å². The first-order valence-corrected chi connectivity index (χ1v) is 19.2. The number of rotatable bonds is 10. The van der Waals surface area contributed by atoms with E-state index < -0.39 is 23.6 Å². The van der Waals surface area contributed by atoms with Crippen LogP contribution in [0.25, 0.3) is 32.8 Å². The van der Waals surface area contributed by atoms with Crippen LogP contribution in [0.4, 0.5) is 15.0 Å². The van der Waals surface area contributed by atoms with Gasteiger partial charge in [0.2, 0.25) is 0 Å². The van der Waals surface area contributed by atoms with Crippen molar-refractivity contribution in [1.29, 1.82) is 0 Å². The van der Waals surface area contributed by atoms with Crippen molar-refractivity contribution in [3.8, 4) is 22.9 Å². The Bertz CT molecular complexity index is 1980. The molecule has 282 valence electrons. The number of aromatic hydroxyl groups is 1. The van der Waals surface area contributed by atoms with Crippen LogP contribution in [0.2, 0.25) is 0 Å². The molecule has 0 radical (unpaired) electrons. The number of aliphatic hydroxyl groups excluding tert-OH is 1. The van der Waals surface area contributed by atoms with Crippen LogP contribution >= 0.6 is 0 Å². The van der Waals surface area contributed by atoms with Crippen LogP contribution in [0.3, 0.4) is 0 Å². The third-order valence-electron chi connectivity index (χ3n) is 11.7. The Labute approximate surface area is 310 Å². The number of amides is 1. The lowest BCUT2D eigenvalue weighted by Crippen LogP contribution is -2.56. The summed E-state index contributed by atoms with van der Waals surface area (Å²) in [5, 5.41) is 26.6. The number of benzene rings is 3. The maximum absolute atomic E-state index is 17.0. The van der Waals surface area contributed by atoms with Crippen molar-refractivity contribution in [1.82, 2.24) is 25.1 Å². The number of fused-ring (bicyclic) bond motifs is 5. The zero-order chi connectivity index (χ0) is 36.9. The van der Waals surface area contributed by atoms with Gasteiger partial charge in [0.25, 0.3) is 0 Å². The van der Waals surface area contributed by atoms with Gasteiger partial charge >= 0.3 is 12.1 Å². The first kappa shape index (κ1) is 35.8. The second kappa shape index (κ2) is 14.2. The quantitative estimate of drug-likeness (QED) is 0.173. The number of piperazine rings is 1. The largest absolute Gasteiger partial charge is 0.508 e. The van der Waals surface area contributed by atoms with Gasteiger partial charge in [0.1, 0.15) is 29.3 Å². The van der Waals surface area contributed by atoms with E-state index in [4.69, 9.17) is 19.4 Å². The summed E-state index contributed by atoms with van der Waals surface area (Å²) in [5.41, 5.74) is 0.556. The van der Waals surface area contributed by atoms with Gasteiger partial charge in [0.05, 0.1) is 11.6 Å². The van der Waals surface area contributed by atoms with Crippen molar-refractivity contribution in [3.05, 3.63) is 54.3 Å². The summed E-state index contributed by atoms with van der Waals surface area (Å²) >= 11 is 0. The van der Waals surface area contributed by atoms with Gasteiger partial charge in [-0.1, -0.05) is 30.3 Å². The van der Waals surface area contributed by atoms with E-state index in [1.54, 1.807) is 18.2 Å². The molecule has 5 heterocycles. The summed E-state index contributed by atoms with van der Waals surface area (Å²) < 4.78 is 28.8. The van der Waals surface area contributed by atoms with E-state index >= 15 is 4.39 Å². The maximum atomic E-state index is 17.0. The van der Waals surface area contributed by atoms with Crippen LogP contribution in [0.5, 0.6) is 11.8 Å². The maximum Gasteiger partial charge on any atom is 0.407 e. The van der Waals surface area contributed by atoms with Gasteiger partial charge in [-0.15, -0.1) is 0 Å². The number of halogens is 1. The van der Waals surface area contributed by atoms with Crippen LogP contribution in [0.1, 0.15) is 65.7 Å². The molecule has 1 aromatic heterocycles.